The molecule has 3 rings (SSSR count). The topological polar surface area (TPSA) is 86.5 Å². The Bertz CT molecular complexity index is 672. The van der Waals surface area contributed by atoms with E-state index in [1.807, 2.05) is 12.1 Å². The van der Waals surface area contributed by atoms with Crippen molar-refractivity contribution in [1.82, 2.24) is 20.2 Å². The Morgan fingerprint density at radius 3 is 2.84 bits per heavy atom. The number of rotatable bonds is 3. The molecule has 2 aromatic heterocycles. The van der Waals surface area contributed by atoms with Gasteiger partial charge in [0.2, 0.25) is 0 Å². The third kappa shape index (κ3) is 2.37. The molecular weight excluding hydrogens is 242 g/mol. The molecule has 93 valence electrons. The van der Waals surface area contributed by atoms with Crippen molar-refractivity contribution in [2.75, 3.05) is 5.32 Å². The molecule has 1 amide bonds. The Morgan fingerprint density at radius 2 is 2.11 bits per heavy atom. The molecule has 0 bridgehead atoms. The molecule has 3 N–H and O–H groups in total. The van der Waals surface area contributed by atoms with E-state index in [0.717, 1.165) is 5.56 Å². The minimum absolute atomic E-state index is 0.308. The highest BCUT2D eigenvalue weighted by Gasteiger charge is 2.12. The summed E-state index contributed by atoms with van der Waals surface area (Å²) in [6, 6.07) is 11.9. The van der Waals surface area contributed by atoms with E-state index in [-0.39, 0.29) is 5.91 Å². The molecule has 0 atom stereocenters. The van der Waals surface area contributed by atoms with Gasteiger partial charge in [0.15, 0.2) is 5.82 Å². The van der Waals surface area contributed by atoms with Crippen LogP contribution in [-0.4, -0.2) is 26.1 Å². The fourth-order valence-electron chi connectivity index (χ4n) is 1.64. The summed E-state index contributed by atoms with van der Waals surface area (Å²) in [6.45, 7) is 0. The first-order valence-corrected chi connectivity index (χ1v) is 5.66. The summed E-state index contributed by atoms with van der Waals surface area (Å²) < 4.78 is 0. The third-order valence-corrected chi connectivity index (χ3v) is 2.54. The number of aromatic nitrogens is 4. The number of benzene rings is 1. The van der Waals surface area contributed by atoms with E-state index in [1.165, 1.54) is 0 Å². The maximum atomic E-state index is 11.9. The number of imidazole rings is 1. The van der Waals surface area contributed by atoms with Crippen LogP contribution in [0.2, 0.25) is 0 Å². The van der Waals surface area contributed by atoms with Crippen molar-refractivity contribution in [1.29, 1.82) is 0 Å². The Balaban J connectivity index is 1.80. The van der Waals surface area contributed by atoms with E-state index in [9.17, 15) is 4.79 Å². The van der Waals surface area contributed by atoms with E-state index in [0.29, 0.717) is 17.3 Å². The predicted molar refractivity (Wildman–Crippen MR) is 69.4 cm³/mol. The quantitative estimate of drug-likeness (QED) is 0.664. The fraction of sp³-hybridized carbons (Fsp3) is 0. The van der Waals surface area contributed by atoms with Crippen LogP contribution in [0.3, 0.4) is 0 Å². The van der Waals surface area contributed by atoms with Crippen LogP contribution in [0.4, 0.5) is 5.82 Å². The van der Waals surface area contributed by atoms with E-state index in [2.05, 4.69) is 31.5 Å². The van der Waals surface area contributed by atoms with E-state index in [1.54, 1.807) is 30.6 Å². The second-order valence-corrected chi connectivity index (χ2v) is 3.84. The van der Waals surface area contributed by atoms with E-state index < -0.39 is 0 Å². The van der Waals surface area contributed by atoms with Gasteiger partial charge in [-0.05, 0) is 6.07 Å². The highest BCUT2D eigenvalue weighted by molar-refractivity contribution is 6.02. The second-order valence-electron chi connectivity index (χ2n) is 3.84. The number of carbonyl (C=O) groups excluding carboxylic acids is 1. The Morgan fingerprint density at radius 1 is 1.26 bits per heavy atom. The number of carbonyl (C=O) groups is 1. The summed E-state index contributed by atoms with van der Waals surface area (Å²) in [5.41, 5.74) is 1.21. The van der Waals surface area contributed by atoms with Crippen molar-refractivity contribution in [2.45, 2.75) is 0 Å². The molecule has 2 heterocycles. The van der Waals surface area contributed by atoms with Crippen molar-refractivity contribution in [2.24, 2.45) is 0 Å². The molecule has 0 saturated heterocycles. The van der Waals surface area contributed by atoms with Gasteiger partial charge in [-0.1, -0.05) is 24.3 Å². The number of nitrogens with one attached hydrogen (secondary N) is 3. The lowest BCUT2D eigenvalue weighted by Gasteiger charge is -1.97. The number of hydrogen-bond donors (Lipinski definition) is 3. The average Bonchev–Trinajstić information content (AvgIpc) is 3.10. The van der Waals surface area contributed by atoms with Crippen molar-refractivity contribution in [3.63, 3.8) is 0 Å². The largest absolute Gasteiger partial charge is 0.344 e. The van der Waals surface area contributed by atoms with Gasteiger partial charge in [-0.2, -0.15) is 5.10 Å². The number of H-pyrrole nitrogens is 2. The van der Waals surface area contributed by atoms with Gasteiger partial charge in [0.25, 0.3) is 5.91 Å². The highest BCUT2D eigenvalue weighted by Crippen LogP contribution is 2.15. The first-order chi connectivity index (χ1) is 9.33. The second kappa shape index (κ2) is 4.77. The van der Waals surface area contributed by atoms with Crippen molar-refractivity contribution in [3.05, 3.63) is 54.5 Å². The van der Waals surface area contributed by atoms with Gasteiger partial charge < -0.3 is 10.3 Å². The summed E-state index contributed by atoms with van der Waals surface area (Å²) in [6.07, 6.45) is 3.19. The number of aromatic amines is 2. The molecule has 0 saturated carbocycles. The van der Waals surface area contributed by atoms with Gasteiger partial charge >= 0.3 is 0 Å². The Labute approximate surface area is 108 Å². The van der Waals surface area contributed by atoms with Crippen LogP contribution in [0.5, 0.6) is 0 Å². The normalized spacial score (nSPS) is 10.3. The number of amides is 1. The monoisotopic (exact) mass is 252 g/mol. The zero-order chi connectivity index (χ0) is 13.1. The lowest BCUT2D eigenvalue weighted by molar-refractivity contribution is 0.102. The SMILES string of the molecule is O=C(Nc1cc[nH]n1)c1c[nH]c(-c2cc[c]cc2)n1. The zero-order valence-corrected chi connectivity index (χ0v) is 9.84. The van der Waals surface area contributed by atoms with Gasteiger partial charge in [0, 0.05) is 24.0 Å². The van der Waals surface area contributed by atoms with E-state index in [4.69, 9.17) is 0 Å². The van der Waals surface area contributed by atoms with Gasteiger partial charge in [-0.25, -0.2) is 4.98 Å². The van der Waals surface area contributed by atoms with Gasteiger partial charge in [-0.3, -0.25) is 9.89 Å². The lowest BCUT2D eigenvalue weighted by Crippen LogP contribution is -2.12. The molecule has 3 aromatic rings. The van der Waals surface area contributed by atoms with Gasteiger partial charge in [0.1, 0.15) is 11.5 Å². The minimum Gasteiger partial charge on any atom is -0.344 e. The van der Waals surface area contributed by atoms with E-state index >= 15 is 0 Å². The molecule has 0 aliphatic rings. The number of nitrogens with zero attached hydrogens (tertiary/aromatic N) is 2. The summed E-state index contributed by atoms with van der Waals surface area (Å²) >= 11 is 0. The Kier molecular flexibility index (Phi) is 2.82. The highest BCUT2D eigenvalue weighted by atomic mass is 16.2. The number of anilines is 1. The summed E-state index contributed by atoms with van der Waals surface area (Å²) in [5.74, 6) is 0.794. The molecule has 6 nitrogen and oxygen atoms in total. The minimum atomic E-state index is -0.308. The van der Waals surface area contributed by atoms with Crippen LogP contribution >= 0.6 is 0 Å². The predicted octanol–water partition coefficient (Wildman–Crippen LogP) is 1.85. The summed E-state index contributed by atoms with van der Waals surface area (Å²) in [4.78, 5) is 19.1. The molecule has 0 aliphatic heterocycles. The van der Waals surface area contributed by atoms with Gasteiger partial charge in [-0.15, -0.1) is 0 Å². The van der Waals surface area contributed by atoms with Crippen molar-refractivity contribution in [3.8, 4) is 11.4 Å². The van der Waals surface area contributed by atoms with Crippen molar-refractivity contribution < 1.29 is 4.79 Å². The first-order valence-electron chi connectivity index (χ1n) is 5.66. The first kappa shape index (κ1) is 11.2. The summed E-state index contributed by atoms with van der Waals surface area (Å²) in [5, 5.41) is 9.10. The molecule has 0 unspecified atom stereocenters. The molecule has 0 fully saturated rings. The standard InChI is InChI=1S/C13H10N5O/c19-13(17-11-6-7-15-18-11)10-8-14-12(16-10)9-4-2-1-3-5-9/h2-8H,(H,14,16)(H2,15,17,18,19). The molecule has 0 spiro atoms. The molecular formula is C13H10N5O. The van der Waals surface area contributed by atoms with Crippen LogP contribution in [0.15, 0.2) is 42.7 Å². The van der Waals surface area contributed by atoms with Crippen LogP contribution < -0.4 is 5.32 Å². The smallest absolute Gasteiger partial charge is 0.277 e. The van der Waals surface area contributed by atoms with Gasteiger partial charge in [0.05, 0.1) is 0 Å². The fourth-order valence-corrected chi connectivity index (χ4v) is 1.64. The lowest BCUT2D eigenvalue weighted by atomic mass is 10.2. The van der Waals surface area contributed by atoms with Crippen LogP contribution in [0.25, 0.3) is 11.4 Å². The Hall–Kier alpha value is -2.89. The number of hydrogen-bond acceptors (Lipinski definition) is 3. The van der Waals surface area contributed by atoms with Crippen molar-refractivity contribution >= 4 is 11.7 Å². The average molecular weight is 252 g/mol. The van der Waals surface area contributed by atoms with Crippen LogP contribution in [-0.2, 0) is 0 Å². The molecule has 1 aromatic carbocycles. The zero-order valence-electron chi connectivity index (χ0n) is 9.84. The third-order valence-electron chi connectivity index (χ3n) is 2.54. The molecule has 0 aliphatic carbocycles. The molecule has 19 heavy (non-hydrogen) atoms. The molecule has 6 heteroatoms. The van der Waals surface area contributed by atoms with Crippen LogP contribution in [0.1, 0.15) is 10.5 Å². The summed E-state index contributed by atoms with van der Waals surface area (Å²) in [7, 11) is 0. The van der Waals surface area contributed by atoms with Crippen LogP contribution in [0, 0.1) is 6.07 Å². The maximum absolute atomic E-state index is 11.9. The molecule has 1 radical (unpaired) electrons. The maximum Gasteiger partial charge on any atom is 0.277 e.